The van der Waals surface area contributed by atoms with Crippen molar-refractivity contribution in [3.63, 3.8) is 0 Å². The summed E-state index contributed by atoms with van der Waals surface area (Å²) in [6, 6.07) is -0.0353. The van der Waals surface area contributed by atoms with Crippen molar-refractivity contribution in [2.75, 3.05) is 13.6 Å². The largest absolute Gasteiger partial charge is 0.358 e. The predicted molar refractivity (Wildman–Crippen MR) is 67.3 cm³/mol. The molecule has 0 bridgehead atoms. The molecule has 0 spiro atoms. The first-order chi connectivity index (χ1) is 7.65. The Morgan fingerprint density at radius 1 is 1.25 bits per heavy atom. The normalized spacial score (nSPS) is 19.8. The second-order valence-corrected chi connectivity index (χ2v) is 5.25. The van der Waals surface area contributed by atoms with Gasteiger partial charge in [0.1, 0.15) is 0 Å². The topological polar surface area (TPSA) is 41.1 Å². The SMILES string of the molecule is CNC(=O)C(NCC1CCCCC1)C(C)C. The van der Waals surface area contributed by atoms with Crippen LogP contribution in [0.5, 0.6) is 0 Å². The molecule has 1 rings (SSSR count). The Morgan fingerprint density at radius 2 is 1.88 bits per heavy atom. The minimum Gasteiger partial charge on any atom is -0.358 e. The number of nitrogens with one attached hydrogen (secondary N) is 2. The van der Waals surface area contributed by atoms with Crippen molar-refractivity contribution in [3.8, 4) is 0 Å². The lowest BCUT2D eigenvalue weighted by molar-refractivity contribution is -0.123. The minimum atomic E-state index is -0.0353. The summed E-state index contributed by atoms with van der Waals surface area (Å²) in [5, 5.41) is 6.16. The van der Waals surface area contributed by atoms with Crippen molar-refractivity contribution < 1.29 is 4.79 Å². The van der Waals surface area contributed by atoms with Gasteiger partial charge in [-0.15, -0.1) is 0 Å². The van der Waals surface area contributed by atoms with Gasteiger partial charge in [0.05, 0.1) is 6.04 Å². The third-order valence-corrected chi connectivity index (χ3v) is 3.55. The Bertz CT molecular complexity index is 210. The van der Waals surface area contributed by atoms with Gasteiger partial charge in [0.25, 0.3) is 0 Å². The van der Waals surface area contributed by atoms with Crippen LogP contribution in [0, 0.1) is 11.8 Å². The van der Waals surface area contributed by atoms with Crippen LogP contribution in [0.2, 0.25) is 0 Å². The zero-order valence-corrected chi connectivity index (χ0v) is 10.9. The molecule has 1 aliphatic carbocycles. The van der Waals surface area contributed by atoms with Crippen LogP contribution in [-0.4, -0.2) is 25.5 Å². The van der Waals surface area contributed by atoms with Gasteiger partial charge >= 0.3 is 0 Å². The van der Waals surface area contributed by atoms with Gasteiger partial charge in [0.2, 0.25) is 5.91 Å². The highest BCUT2D eigenvalue weighted by atomic mass is 16.2. The van der Waals surface area contributed by atoms with E-state index in [0.29, 0.717) is 5.92 Å². The average Bonchev–Trinajstić information content (AvgIpc) is 2.30. The number of amides is 1. The number of carbonyl (C=O) groups excluding carboxylic acids is 1. The van der Waals surface area contributed by atoms with E-state index in [2.05, 4.69) is 24.5 Å². The van der Waals surface area contributed by atoms with Gasteiger partial charge in [0, 0.05) is 7.05 Å². The molecule has 0 aromatic rings. The Morgan fingerprint density at radius 3 is 2.38 bits per heavy atom. The molecule has 1 unspecified atom stereocenters. The van der Waals surface area contributed by atoms with Crippen molar-refractivity contribution in [1.29, 1.82) is 0 Å². The monoisotopic (exact) mass is 226 g/mol. The Kier molecular flexibility index (Phi) is 5.81. The molecule has 1 amide bonds. The molecule has 1 aliphatic rings. The van der Waals surface area contributed by atoms with Crippen LogP contribution < -0.4 is 10.6 Å². The zero-order chi connectivity index (χ0) is 12.0. The summed E-state index contributed by atoms with van der Waals surface area (Å²) in [5.41, 5.74) is 0. The summed E-state index contributed by atoms with van der Waals surface area (Å²) in [6.45, 7) is 5.18. The maximum Gasteiger partial charge on any atom is 0.237 e. The van der Waals surface area contributed by atoms with Crippen molar-refractivity contribution in [2.45, 2.75) is 52.0 Å². The molecule has 0 saturated heterocycles. The molecule has 3 nitrogen and oxygen atoms in total. The van der Waals surface area contributed by atoms with E-state index >= 15 is 0 Å². The van der Waals surface area contributed by atoms with E-state index in [0.717, 1.165) is 12.5 Å². The van der Waals surface area contributed by atoms with Gasteiger partial charge in [-0.05, 0) is 31.2 Å². The maximum absolute atomic E-state index is 11.7. The smallest absolute Gasteiger partial charge is 0.237 e. The number of likely N-dealkylation sites (N-methyl/N-ethyl adjacent to an activating group) is 1. The molecule has 16 heavy (non-hydrogen) atoms. The van der Waals surface area contributed by atoms with Gasteiger partial charge < -0.3 is 10.6 Å². The van der Waals surface area contributed by atoms with E-state index in [1.54, 1.807) is 7.05 Å². The summed E-state index contributed by atoms with van der Waals surface area (Å²) in [6.07, 6.45) is 6.76. The van der Waals surface area contributed by atoms with Crippen LogP contribution in [0.15, 0.2) is 0 Å². The van der Waals surface area contributed by atoms with Crippen molar-refractivity contribution in [1.82, 2.24) is 10.6 Å². The average molecular weight is 226 g/mol. The lowest BCUT2D eigenvalue weighted by Crippen LogP contribution is -2.47. The molecular formula is C13H26N2O. The highest BCUT2D eigenvalue weighted by Crippen LogP contribution is 2.23. The predicted octanol–water partition coefficient (Wildman–Crippen LogP) is 1.93. The fraction of sp³-hybridized carbons (Fsp3) is 0.923. The Balaban J connectivity index is 2.34. The number of carbonyl (C=O) groups is 1. The second kappa shape index (κ2) is 6.89. The van der Waals surface area contributed by atoms with E-state index in [1.165, 1.54) is 32.1 Å². The Hall–Kier alpha value is -0.570. The first-order valence-corrected chi connectivity index (χ1v) is 6.60. The molecule has 2 N–H and O–H groups in total. The van der Waals surface area contributed by atoms with Gasteiger partial charge in [-0.1, -0.05) is 33.1 Å². The number of hydrogen-bond acceptors (Lipinski definition) is 2. The zero-order valence-electron chi connectivity index (χ0n) is 10.9. The molecule has 0 aliphatic heterocycles. The highest BCUT2D eigenvalue weighted by Gasteiger charge is 2.22. The molecule has 0 aromatic heterocycles. The summed E-state index contributed by atoms with van der Waals surface area (Å²) < 4.78 is 0. The number of rotatable bonds is 5. The lowest BCUT2D eigenvalue weighted by atomic mass is 9.89. The molecule has 0 radical (unpaired) electrons. The van der Waals surface area contributed by atoms with Crippen LogP contribution in [0.3, 0.4) is 0 Å². The van der Waals surface area contributed by atoms with Crippen LogP contribution in [0.1, 0.15) is 46.0 Å². The van der Waals surface area contributed by atoms with E-state index in [1.807, 2.05) is 0 Å². The van der Waals surface area contributed by atoms with E-state index in [-0.39, 0.29) is 11.9 Å². The van der Waals surface area contributed by atoms with Crippen molar-refractivity contribution >= 4 is 5.91 Å². The molecule has 94 valence electrons. The van der Waals surface area contributed by atoms with Crippen LogP contribution in [0.25, 0.3) is 0 Å². The standard InChI is InChI=1S/C13H26N2O/c1-10(2)12(13(16)14-3)15-9-11-7-5-4-6-8-11/h10-12,15H,4-9H2,1-3H3,(H,14,16). The van der Waals surface area contributed by atoms with Crippen LogP contribution in [-0.2, 0) is 4.79 Å². The molecule has 1 saturated carbocycles. The van der Waals surface area contributed by atoms with Crippen molar-refractivity contribution in [3.05, 3.63) is 0 Å². The van der Waals surface area contributed by atoms with Gasteiger partial charge in [-0.2, -0.15) is 0 Å². The van der Waals surface area contributed by atoms with E-state index in [4.69, 9.17) is 0 Å². The highest BCUT2D eigenvalue weighted by molar-refractivity contribution is 5.81. The van der Waals surface area contributed by atoms with Gasteiger partial charge in [-0.25, -0.2) is 0 Å². The molecular weight excluding hydrogens is 200 g/mol. The maximum atomic E-state index is 11.7. The third kappa shape index (κ3) is 4.12. The number of hydrogen-bond donors (Lipinski definition) is 2. The summed E-state index contributed by atoms with van der Waals surface area (Å²) in [4.78, 5) is 11.7. The van der Waals surface area contributed by atoms with Crippen molar-refractivity contribution in [2.24, 2.45) is 11.8 Å². The molecule has 3 heteroatoms. The summed E-state index contributed by atoms with van der Waals surface area (Å²) >= 11 is 0. The van der Waals surface area contributed by atoms with Gasteiger partial charge in [-0.3, -0.25) is 4.79 Å². The molecule has 1 fully saturated rings. The molecule has 0 heterocycles. The quantitative estimate of drug-likeness (QED) is 0.752. The van der Waals surface area contributed by atoms with Gasteiger partial charge in [0.15, 0.2) is 0 Å². The molecule has 1 atom stereocenters. The van der Waals surface area contributed by atoms with Crippen LogP contribution >= 0.6 is 0 Å². The molecule has 0 aromatic carbocycles. The van der Waals surface area contributed by atoms with E-state index < -0.39 is 0 Å². The lowest BCUT2D eigenvalue weighted by Gasteiger charge is -2.26. The first-order valence-electron chi connectivity index (χ1n) is 6.60. The third-order valence-electron chi connectivity index (χ3n) is 3.55. The van der Waals surface area contributed by atoms with E-state index in [9.17, 15) is 4.79 Å². The minimum absolute atomic E-state index is 0.0353. The second-order valence-electron chi connectivity index (χ2n) is 5.25. The fourth-order valence-corrected chi connectivity index (χ4v) is 2.47. The fourth-order valence-electron chi connectivity index (χ4n) is 2.47. The van der Waals surface area contributed by atoms with Crippen LogP contribution in [0.4, 0.5) is 0 Å². The Labute approximate surface area is 99.4 Å². The summed E-state index contributed by atoms with van der Waals surface area (Å²) in [7, 11) is 1.71. The summed E-state index contributed by atoms with van der Waals surface area (Å²) in [5.74, 6) is 1.24. The first kappa shape index (κ1) is 13.5.